The predicted molar refractivity (Wildman–Crippen MR) is 204 cm³/mol. The van der Waals surface area contributed by atoms with Crippen molar-refractivity contribution in [2.75, 3.05) is 46.0 Å². The predicted octanol–water partition coefficient (Wildman–Crippen LogP) is 5.87. The van der Waals surface area contributed by atoms with E-state index < -0.39 is 41.7 Å². The number of nitrogens with zero attached hydrogens (tertiary/aromatic N) is 6. The van der Waals surface area contributed by atoms with Crippen molar-refractivity contribution in [1.82, 2.24) is 28.8 Å². The second-order valence-electron chi connectivity index (χ2n) is 14.1. The molecule has 3 aromatic carbocycles. The summed E-state index contributed by atoms with van der Waals surface area (Å²) in [4.78, 5) is 43.2. The molecule has 0 amide bonds. The molecule has 0 radical (unpaired) electrons. The van der Waals surface area contributed by atoms with E-state index in [0.29, 0.717) is 45.8 Å². The van der Waals surface area contributed by atoms with E-state index in [9.17, 15) is 14.2 Å². The number of aromatic nitrogens is 4. The number of carbonyl (C=O) groups excluding carboxylic acids is 1. The molecule has 0 N–H and O–H groups in total. The van der Waals surface area contributed by atoms with Gasteiger partial charge in [0, 0.05) is 26.2 Å². The summed E-state index contributed by atoms with van der Waals surface area (Å²) in [7, 11) is 0. The fourth-order valence-corrected chi connectivity index (χ4v) is 8.78. The molecular weight excluding hydrogens is 731 g/mol. The van der Waals surface area contributed by atoms with E-state index in [4.69, 9.17) is 30.1 Å². The zero-order valence-electron chi connectivity index (χ0n) is 30.5. The van der Waals surface area contributed by atoms with Crippen molar-refractivity contribution in [3.8, 4) is 0 Å². The van der Waals surface area contributed by atoms with Crippen molar-refractivity contribution < 1.29 is 28.2 Å². The molecule has 2 aliphatic heterocycles. The first kappa shape index (κ1) is 38.1. The highest BCUT2D eigenvalue weighted by molar-refractivity contribution is 7.83. The number of hydrogen-bond acceptors (Lipinski definition) is 10. The standard InChI is InChI=1S/C39H44ClN6O7P/c1-4-38(2,3)37(48)53-46-28-42-35-34(36(46)47)41-27-45(35)33-25-43(24-32(52-33)26-51-54(40,49)44-20-22-50-23-21-44)39(29-14-8-5-9-15-29,30-16-10-6-11-17-30)31-18-12-7-13-19-31/h5-19,27-28,32-33H,4,20-26H2,1-3H3/t32-,33+,54?/m0/s1. The Balaban J connectivity index is 1.32. The molecule has 2 aliphatic rings. The summed E-state index contributed by atoms with van der Waals surface area (Å²) in [5.41, 5.74) is 1.04. The summed E-state index contributed by atoms with van der Waals surface area (Å²) in [5, 5.41) is 0. The molecule has 4 heterocycles. The van der Waals surface area contributed by atoms with E-state index in [1.807, 2.05) is 61.5 Å². The number of imidazole rings is 1. The third kappa shape index (κ3) is 7.42. The molecule has 13 nitrogen and oxygen atoms in total. The lowest BCUT2D eigenvalue weighted by molar-refractivity contribution is -0.155. The number of benzene rings is 3. The second kappa shape index (κ2) is 15.9. The number of carbonyl (C=O) groups is 1. The Hall–Kier alpha value is -4.20. The van der Waals surface area contributed by atoms with Gasteiger partial charge in [0.15, 0.2) is 11.2 Å². The third-order valence-corrected chi connectivity index (χ3v) is 12.8. The average Bonchev–Trinajstić information content (AvgIpc) is 3.65. The lowest BCUT2D eigenvalue weighted by Crippen LogP contribution is -2.57. The van der Waals surface area contributed by atoms with Crippen LogP contribution in [-0.2, 0) is 28.9 Å². The van der Waals surface area contributed by atoms with Crippen molar-refractivity contribution in [1.29, 1.82) is 0 Å². The van der Waals surface area contributed by atoms with Crippen LogP contribution in [0.4, 0.5) is 0 Å². The lowest BCUT2D eigenvalue weighted by Gasteiger charge is -2.50. The Labute approximate surface area is 318 Å². The van der Waals surface area contributed by atoms with E-state index in [1.54, 1.807) is 23.1 Å². The third-order valence-electron chi connectivity index (χ3n) is 10.3. The minimum Gasteiger partial charge on any atom is -0.379 e. The van der Waals surface area contributed by atoms with Crippen molar-refractivity contribution in [2.24, 2.45) is 5.41 Å². The quantitative estimate of drug-likeness (QED) is 0.111. The normalized spacial score (nSPS) is 20.1. The van der Waals surface area contributed by atoms with Gasteiger partial charge in [0.05, 0.1) is 43.2 Å². The molecule has 5 aromatic rings. The molecule has 54 heavy (non-hydrogen) atoms. The fraction of sp³-hybridized carbons (Fsp3) is 0.385. The molecule has 15 heteroatoms. The summed E-state index contributed by atoms with van der Waals surface area (Å²) in [6.45, 7) is 3.80. The van der Waals surface area contributed by atoms with Gasteiger partial charge in [-0.3, -0.25) is 18.8 Å². The van der Waals surface area contributed by atoms with Gasteiger partial charge in [0.25, 0.3) is 0 Å². The van der Waals surface area contributed by atoms with Crippen molar-refractivity contribution in [3.05, 3.63) is 131 Å². The van der Waals surface area contributed by atoms with Gasteiger partial charge in [-0.25, -0.2) is 19.4 Å². The van der Waals surface area contributed by atoms with Crippen LogP contribution in [0.1, 0.15) is 50.1 Å². The number of ether oxygens (including phenoxy) is 2. The van der Waals surface area contributed by atoms with E-state index in [0.717, 1.165) is 21.4 Å². The molecule has 3 atom stereocenters. The van der Waals surface area contributed by atoms with Gasteiger partial charge in [-0.2, -0.15) is 0 Å². The van der Waals surface area contributed by atoms with Crippen LogP contribution in [0, 0.1) is 5.41 Å². The smallest absolute Gasteiger partial charge is 0.363 e. The van der Waals surface area contributed by atoms with Crippen LogP contribution in [0.15, 0.2) is 108 Å². The Morgan fingerprint density at radius 3 is 2.02 bits per heavy atom. The first-order valence-corrected chi connectivity index (χ1v) is 20.5. The Kier molecular flexibility index (Phi) is 11.2. The number of morpholine rings is 2. The van der Waals surface area contributed by atoms with Crippen LogP contribution in [-0.4, -0.2) is 86.9 Å². The number of hydrogen-bond donors (Lipinski definition) is 0. The lowest BCUT2D eigenvalue weighted by atomic mass is 9.75. The Morgan fingerprint density at radius 2 is 1.46 bits per heavy atom. The monoisotopic (exact) mass is 774 g/mol. The molecule has 0 saturated carbocycles. The van der Waals surface area contributed by atoms with Crippen LogP contribution in [0.25, 0.3) is 11.2 Å². The fourth-order valence-electron chi connectivity index (χ4n) is 7.00. The highest BCUT2D eigenvalue weighted by Crippen LogP contribution is 2.56. The molecule has 2 aromatic heterocycles. The maximum absolute atomic E-state index is 13.7. The van der Waals surface area contributed by atoms with Gasteiger partial charge in [-0.15, -0.1) is 4.73 Å². The Bertz CT molecular complexity index is 2070. The molecule has 0 spiro atoms. The van der Waals surface area contributed by atoms with Crippen LogP contribution in [0.3, 0.4) is 0 Å². The summed E-state index contributed by atoms with van der Waals surface area (Å²) in [6.07, 6.45) is 1.80. The van der Waals surface area contributed by atoms with Crippen LogP contribution in [0.5, 0.6) is 0 Å². The molecular formula is C39H44ClN6O7P. The Morgan fingerprint density at radius 1 is 0.889 bits per heavy atom. The molecule has 2 saturated heterocycles. The maximum Gasteiger partial charge on any atom is 0.363 e. The minimum absolute atomic E-state index is 0.00569. The van der Waals surface area contributed by atoms with E-state index in [2.05, 4.69) is 51.3 Å². The summed E-state index contributed by atoms with van der Waals surface area (Å²) < 4.78 is 36.1. The molecule has 1 unspecified atom stereocenters. The maximum atomic E-state index is 13.7. The second-order valence-corrected chi connectivity index (χ2v) is 17.1. The van der Waals surface area contributed by atoms with E-state index >= 15 is 0 Å². The van der Waals surface area contributed by atoms with Crippen LogP contribution >= 0.6 is 18.1 Å². The first-order chi connectivity index (χ1) is 26.0. The van der Waals surface area contributed by atoms with E-state index in [-0.39, 0.29) is 17.8 Å². The molecule has 284 valence electrons. The summed E-state index contributed by atoms with van der Waals surface area (Å²) >= 11 is 6.60. The zero-order valence-corrected chi connectivity index (χ0v) is 32.1. The van der Waals surface area contributed by atoms with Gasteiger partial charge in [-0.1, -0.05) is 97.9 Å². The van der Waals surface area contributed by atoms with Gasteiger partial charge >= 0.3 is 18.4 Å². The van der Waals surface area contributed by atoms with Crippen molar-refractivity contribution >= 4 is 35.2 Å². The van der Waals surface area contributed by atoms with Crippen molar-refractivity contribution in [3.63, 3.8) is 0 Å². The molecule has 0 bridgehead atoms. The summed E-state index contributed by atoms with van der Waals surface area (Å²) in [5.74, 6) is -0.561. The zero-order chi connectivity index (χ0) is 37.9. The largest absolute Gasteiger partial charge is 0.379 e. The highest BCUT2D eigenvalue weighted by Gasteiger charge is 2.47. The SMILES string of the molecule is CCC(C)(C)C(=O)On1cnc2c(ncn2[C@H]2CN(C(c3ccccc3)(c3ccccc3)c3ccccc3)C[C@@H](COP(=O)(Cl)N3CCOCC3)O2)c1=O. The molecule has 2 fully saturated rings. The number of halogens is 1. The van der Waals surface area contributed by atoms with E-state index in [1.165, 1.54) is 12.7 Å². The highest BCUT2D eigenvalue weighted by atomic mass is 35.7. The van der Waals surface area contributed by atoms with Crippen LogP contribution in [0.2, 0.25) is 0 Å². The van der Waals surface area contributed by atoms with Gasteiger partial charge in [0.2, 0.25) is 0 Å². The first-order valence-electron chi connectivity index (χ1n) is 18.1. The molecule has 7 rings (SSSR count). The van der Waals surface area contributed by atoms with Crippen molar-refractivity contribution in [2.45, 2.75) is 45.1 Å². The number of fused-ring (bicyclic) bond motifs is 1. The summed E-state index contributed by atoms with van der Waals surface area (Å²) in [6, 6.07) is 30.8. The topological polar surface area (TPSA) is 130 Å². The van der Waals surface area contributed by atoms with Gasteiger partial charge in [-0.05, 0) is 48.2 Å². The average molecular weight is 775 g/mol. The minimum atomic E-state index is -3.72. The van der Waals surface area contributed by atoms with Crippen LogP contribution < -0.4 is 10.4 Å². The molecule has 0 aliphatic carbocycles. The number of rotatable bonds is 12. The van der Waals surface area contributed by atoms with Gasteiger partial charge < -0.3 is 18.8 Å². The van der Waals surface area contributed by atoms with Gasteiger partial charge in [0.1, 0.15) is 12.6 Å².